The quantitative estimate of drug-likeness (QED) is 0.680. The minimum atomic E-state index is -0.406. The highest BCUT2D eigenvalue weighted by atomic mass is 79.9. The van der Waals surface area contributed by atoms with E-state index in [1.165, 1.54) is 11.3 Å². The molecule has 1 aromatic heterocycles. The molecule has 1 heterocycles. The molecule has 5 heteroatoms. The molecule has 2 rings (SSSR count). The van der Waals surface area contributed by atoms with Gasteiger partial charge in [-0.1, -0.05) is 18.2 Å². The van der Waals surface area contributed by atoms with Gasteiger partial charge in [0.15, 0.2) is 0 Å². The Kier molecular flexibility index (Phi) is 4.50. The summed E-state index contributed by atoms with van der Waals surface area (Å²) in [6.07, 6.45) is 1.57. The fourth-order valence-corrected chi connectivity index (χ4v) is 2.57. The lowest BCUT2D eigenvalue weighted by Crippen LogP contribution is -2.13. The van der Waals surface area contributed by atoms with Gasteiger partial charge in [-0.15, -0.1) is 11.3 Å². The second-order valence-electron chi connectivity index (χ2n) is 3.67. The Morgan fingerprint density at radius 1 is 1.37 bits per heavy atom. The van der Waals surface area contributed by atoms with Crippen LogP contribution in [0.15, 0.2) is 51.1 Å². The van der Waals surface area contributed by atoms with Crippen molar-refractivity contribution >= 4 is 44.9 Å². The van der Waals surface area contributed by atoms with Crippen LogP contribution < -0.4 is 5.32 Å². The number of para-hydroxylation sites is 1. The Morgan fingerprint density at radius 2 is 2.11 bits per heavy atom. The summed E-state index contributed by atoms with van der Waals surface area (Å²) < 4.78 is 0.958. The van der Waals surface area contributed by atoms with E-state index in [9.17, 15) is 4.79 Å². The van der Waals surface area contributed by atoms with Crippen molar-refractivity contribution in [3.8, 4) is 6.07 Å². The molecule has 0 spiro atoms. The predicted octanol–water partition coefficient (Wildman–Crippen LogP) is 4.06. The molecule has 0 bridgehead atoms. The van der Waals surface area contributed by atoms with Crippen LogP contribution in [0.4, 0.5) is 5.69 Å². The minimum Gasteiger partial charge on any atom is -0.321 e. The number of thiophene rings is 1. The largest absolute Gasteiger partial charge is 0.321 e. The molecule has 94 valence electrons. The lowest BCUT2D eigenvalue weighted by molar-refractivity contribution is -0.112. The van der Waals surface area contributed by atoms with Crippen LogP contribution in [-0.4, -0.2) is 5.91 Å². The standard InChI is InChI=1S/C14H9BrN2OS/c15-13-7-10(9-19-13)6-11(8-16)14(18)17-12-4-2-1-3-5-12/h1-7,9H,(H,17,18)/b11-6+. The fraction of sp³-hybridized carbons (Fsp3) is 0. The Morgan fingerprint density at radius 3 is 2.68 bits per heavy atom. The molecule has 2 aromatic rings. The van der Waals surface area contributed by atoms with Crippen LogP contribution >= 0.6 is 27.3 Å². The fourth-order valence-electron chi connectivity index (χ4n) is 1.43. The maximum atomic E-state index is 11.9. The summed E-state index contributed by atoms with van der Waals surface area (Å²) in [6, 6.07) is 12.8. The van der Waals surface area contributed by atoms with Crippen molar-refractivity contribution in [3.05, 3.63) is 56.7 Å². The summed E-state index contributed by atoms with van der Waals surface area (Å²) in [5, 5.41) is 13.6. The van der Waals surface area contributed by atoms with Crippen LogP contribution in [-0.2, 0) is 4.79 Å². The molecule has 1 N–H and O–H groups in total. The Hall–Kier alpha value is -1.90. The summed E-state index contributed by atoms with van der Waals surface area (Å²) in [5.74, 6) is -0.406. The number of nitriles is 1. The smallest absolute Gasteiger partial charge is 0.266 e. The van der Waals surface area contributed by atoms with Gasteiger partial charge in [0.1, 0.15) is 11.6 Å². The summed E-state index contributed by atoms with van der Waals surface area (Å²) in [6.45, 7) is 0. The number of nitrogens with zero attached hydrogens (tertiary/aromatic N) is 1. The van der Waals surface area contributed by atoms with Crippen LogP contribution in [0, 0.1) is 11.3 Å². The van der Waals surface area contributed by atoms with Gasteiger partial charge in [0.05, 0.1) is 3.79 Å². The van der Waals surface area contributed by atoms with E-state index < -0.39 is 5.91 Å². The molecule has 1 amide bonds. The van der Waals surface area contributed by atoms with Crippen molar-refractivity contribution < 1.29 is 4.79 Å². The Balaban J connectivity index is 2.16. The molecule has 0 saturated heterocycles. The van der Waals surface area contributed by atoms with Crippen molar-refractivity contribution in [1.29, 1.82) is 5.26 Å². The summed E-state index contributed by atoms with van der Waals surface area (Å²) in [4.78, 5) is 11.9. The van der Waals surface area contributed by atoms with Crippen molar-refractivity contribution in [2.75, 3.05) is 5.32 Å². The number of hydrogen-bond acceptors (Lipinski definition) is 3. The number of carbonyl (C=O) groups excluding carboxylic acids is 1. The Labute approximate surface area is 123 Å². The third kappa shape index (κ3) is 3.78. The third-order valence-corrected chi connectivity index (χ3v) is 3.82. The number of hydrogen-bond donors (Lipinski definition) is 1. The van der Waals surface area contributed by atoms with Crippen molar-refractivity contribution in [3.63, 3.8) is 0 Å². The lowest BCUT2D eigenvalue weighted by atomic mass is 10.2. The van der Waals surface area contributed by atoms with Gasteiger partial charge in [0, 0.05) is 5.69 Å². The van der Waals surface area contributed by atoms with Gasteiger partial charge in [-0.25, -0.2) is 0 Å². The van der Waals surface area contributed by atoms with Crippen LogP contribution in [0.3, 0.4) is 0 Å². The molecule has 0 radical (unpaired) electrons. The Bertz CT molecular complexity index is 656. The van der Waals surface area contributed by atoms with E-state index in [-0.39, 0.29) is 5.57 Å². The zero-order chi connectivity index (χ0) is 13.7. The normalized spacial score (nSPS) is 10.8. The van der Waals surface area contributed by atoms with E-state index in [2.05, 4.69) is 21.2 Å². The molecular formula is C14H9BrN2OS. The van der Waals surface area contributed by atoms with Crippen LogP contribution in [0.1, 0.15) is 5.56 Å². The second kappa shape index (κ2) is 6.32. The van der Waals surface area contributed by atoms with Crippen molar-refractivity contribution in [2.24, 2.45) is 0 Å². The molecule has 0 aliphatic rings. The first-order valence-corrected chi connectivity index (χ1v) is 7.08. The number of anilines is 1. The van der Waals surface area contributed by atoms with E-state index in [1.54, 1.807) is 18.2 Å². The first-order valence-electron chi connectivity index (χ1n) is 5.41. The maximum Gasteiger partial charge on any atom is 0.266 e. The van der Waals surface area contributed by atoms with Crippen LogP contribution in [0.5, 0.6) is 0 Å². The van der Waals surface area contributed by atoms with Gasteiger partial charge < -0.3 is 5.32 Å². The molecule has 0 atom stereocenters. The molecule has 0 saturated carbocycles. The molecule has 0 unspecified atom stereocenters. The van der Waals surface area contributed by atoms with Crippen LogP contribution in [0.25, 0.3) is 6.08 Å². The number of nitrogens with one attached hydrogen (secondary N) is 1. The highest BCUT2D eigenvalue weighted by Crippen LogP contribution is 2.22. The average Bonchev–Trinajstić information content (AvgIpc) is 2.82. The van der Waals surface area contributed by atoms with Crippen molar-refractivity contribution in [2.45, 2.75) is 0 Å². The molecule has 3 nitrogen and oxygen atoms in total. The first kappa shape index (κ1) is 13.5. The van der Waals surface area contributed by atoms with E-state index >= 15 is 0 Å². The highest BCUT2D eigenvalue weighted by molar-refractivity contribution is 9.11. The SMILES string of the molecule is N#C/C(=C\c1csc(Br)c1)C(=O)Nc1ccccc1. The first-order chi connectivity index (χ1) is 9.19. The monoisotopic (exact) mass is 332 g/mol. The van der Waals surface area contributed by atoms with E-state index in [1.807, 2.05) is 35.7 Å². The second-order valence-corrected chi connectivity index (χ2v) is 5.96. The van der Waals surface area contributed by atoms with Gasteiger partial charge in [-0.05, 0) is 51.1 Å². The highest BCUT2D eigenvalue weighted by Gasteiger charge is 2.09. The molecule has 0 fully saturated rings. The molecule has 1 aromatic carbocycles. The number of benzene rings is 1. The molecule has 0 aliphatic heterocycles. The number of carbonyl (C=O) groups is 1. The minimum absolute atomic E-state index is 0.0779. The van der Waals surface area contributed by atoms with Gasteiger partial charge in [-0.2, -0.15) is 5.26 Å². The zero-order valence-corrected chi connectivity index (χ0v) is 12.2. The molecule has 19 heavy (non-hydrogen) atoms. The van der Waals surface area contributed by atoms with E-state index in [4.69, 9.17) is 5.26 Å². The summed E-state index contributed by atoms with van der Waals surface area (Å²) in [7, 11) is 0. The van der Waals surface area contributed by atoms with E-state index in [0.717, 1.165) is 9.35 Å². The average molecular weight is 333 g/mol. The third-order valence-electron chi connectivity index (χ3n) is 2.30. The van der Waals surface area contributed by atoms with Gasteiger partial charge in [0.25, 0.3) is 5.91 Å². The molecule has 0 aliphatic carbocycles. The van der Waals surface area contributed by atoms with Crippen LogP contribution in [0.2, 0.25) is 0 Å². The van der Waals surface area contributed by atoms with Gasteiger partial charge in [0.2, 0.25) is 0 Å². The maximum absolute atomic E-state index is 11.9. The van der Waals surface area contributed by atoms with E-state index in [0.29, 0.717) is 5.69 Å². The summed E-state index contributed by atoms with van der Waals surface area (Å²) in [5.41, 5.74) is 1.57. The topological polar surface area (TPSA) is 52.9 Å². The zero-order valence-electron chi connectivity index (χ0n) is 9.76. The number of rotatable bonds is 3. The van der Waals surface area contributed by atoms with Gasteiger partial charge in [-0.3, -0.25) is 4.79 Å². The lowest BCUT2D eigenvalue weighted by Gasteiger charge is -2.03. The number of amides is 1. The number of halogens is 1. The van der Waals surface area contributed by atoms with Crippen molar-refractivity contribution in [1.82, 2.24) is 0 Å². The predicted molar refractivity (Wildman–Crippen MR) is 80.7 cm³/mol. The van der Waals surface area contributed by atoms with Gasteiger partial charge >= 0.3 is 0 Å². The summed E-state index contributed by atoms with van der Waals surface area (Å²) >= 11 is 4.84. The molecular weight excluding hydrogens is 324 g/mol.